The van der Waals surface area contributed by atoms with Crippen molar-refractivity contribution in [1.29, 1.82) is 0 Å². The lowest BCUT2D eigenvalue weighted by atomic mass is 9.35. The number of β-amino-alcohol motifs (C(OH)–C–C–N with tert-alkyl or cyclic N) is 1. The molecule has 0 aromatic carbocycles. The topological polar surface area (TPSA) is 63.9 Å². The summed E-state index contributed by atoms with van der Waals surface area (Å²) in [6.07, 6.45) is 8.70. The minimum Gasteiger partial charge on any atom is -0.395 e. The summed E-state index contributed by atoms with van der Waals surface area (Å²) < 4.78 is 0. The van der Waals surface area contributed by atoms with Crippen molar-refractivity contribution in [1.82, 2.24) is 4.90 Å². The van der Waals surface area contributed by atoms with Gasteiger partial charge >= 0.3 is 0 Å². The largest absolute Gasteiger partial charge is 0.395 e. The van der Waals surface area contributed by atoms with Crippen LogP contribution in [0.25, 0.3) is 0 Å². The molecule has 1 saturated heterocycles. The van der Waals surface area contributed by atoms with Crippen LogP contribution in [0.5, 0.6) is 0 Å². The average molecular weight is 360 g/mol. The molecule has 4 nitrogen and oxygen atoms in total. The molecule has 1 heterocycles. The van der Waals surface area contributed by atoms with Crippen LogP contribution in [0.2, 0.25) is 0 Å². The van der Waals surface area contributed by atoms with Gasteiger partial charge in [-0.2, -0.15) is 0 Å². The van der Waals surface area contributed by atoms with Crippen molar-refractivity contribution in [3.63, 3.8) is 0 Å². The Bertz CT molecular complexity index is 662. The number of likely N-dealkylation sites (tertiary alicyclic amines) is 1. The molecular weight excluding hydrogens is 326 g/mol. The molecule has 26 heavy (non-hydrogen) atoms. The number of nitrogens with zero attached hydrogens (tertiary/aromatic N) is 1. The number of rotatable bonds is 2. The Balaban J connectivity index is 1.64. The number of hydrogen-bond donors (Lipinski definition) is 3. The second-order valence-electron chi connectivity index (χ2n) is 10.2. The Labute approximate surface area is 156 Å². The highest BCUT2D eigenvalue weighted by molar-refractivity contribution is 5.37. The lowest BCUT2D eigenvalue weighted by Crippen LogP contribution is -2.73. The van der Waals surface area contributed by atoms with Crippen LogP contribution < -0.4 is 0 Å². The van der Waals surface area contributed by atoms with Crippen molar-refractivity contribution >= 4 is 0 Å². The second-order valence-corrected chi connectivity index (χ2v) is 10.2. The van der Waals surface area contributed by atoms with E-state index in [4.69, 9.17) is 0 Å². The van der Waals surface area contributed by atoms with Crippen LogP contribution in [0.3, 0.4) is 0 Å². The summed E-state index contributed by atoms with van der Waals surface area (Å²) in [5.74, 6) is 1.07. The van der Waals surface area contributed by atoms with Crippen LogP contribution in [0, 0.1) is 34.0 Å². The number of fused-ring (bicyclic) bond motifs is 1. The molecule has 3 saturated carbocycles. The van der Waals surface area contributed by atoms with Gasteiger partial charge in [-0.3, -0.25) is 4.90 Å². The predicted molar refractivity (Wildman–Crippen MR) is 100 cm³/mol. The molecule has 1 aliphatic heterocycles. The highest BCUT2D eigenvalue weighted by Gasteiger charge is 2.71. The number of allylic oxidation sites excluding steroid dienone is 1. The molecule has 4 bridgehead atoms. The maximum Gasteiger partial charge on any atom is 0.0871 e. The van der Waals surface area contributed by atoms with E-state index < -0.39 is 17.6 Å². The third kappa shape index (κ3) is 1.89. The first-order chi connectivity index (χ1) is 12.4. The Morgan fingerprint density at radius 3 is 2.77 bits per heavy atom. The molecule has 0 aromatic rings. The monoisotopic (exact) mass is 359 g/mol. The third-order valence-corrected chi connectivity index (χ3v) is 9.19. The van der Waals surface area contributed by atoms with Gasteiger partial charge in [0.25, 0.3) is 0 Å². The van der Waals surface area contributed by atoms with E-state index >= 15 is 0 Å². The quantitative estimate of drug-likeness (QED) is 0.660. The van der Waals surface area contributed by atoms with Gasteiger partial charge in [-0.25, -0.2) is 0 Å². The Morgan fingerprint density at radius 1 is 1.19 bits per heavy atom. The first-order valence-corrected chi connectivity index (χ1v) is 10.4. The summed E-state index contributed by atoms with van der Waals surface area (Å²) in [6.45, 7) is 9.57. The van der Waals surface area contributed by atoms with E-state index in [-0.39, 0.29) is 23.4 Å². The summed E-state index contributed by atoms with van der Waals surface area (Å²) in [6, 6.07) is 0. The van der Waals surface area contributed by atoms with Crippen LogP contribution in [-0.4, -0.2) is 58.7 Å². The van der Waals surface area contributed by atoms with Crippen molar-refractivity contribution in [3.05, 3.63) is 24.3 Å². The minimum absolute atomic E-state index is 0.143. The smallest absolute Gasteiger partial charge is 0.0871 e. The summed E-state index contributed by atoms with van der Waals surface area (Å²) in [5, 5.41) is 32.1. The molecule has 4 fully saturated rings. The highest BCUT2D eigenvalue weighted by Crippen LogP contribution is 2.71. The fourth-order valence-corrected chi connectivity index (χ4v) is 8.27. The molecule has 0 radical (unpaired) electrons. The van der Waals surface area contributed by atoms with E-state index in [2.05, 4.69) is 30.6 Å². The SMILES string of the molecule is C=C1C2C=C[C@@]3(C(O)CC4C5(C)CCCC4(CN(CCO)C5)C3C2)[C@@H]1O. The van der Waals surface area contributed by atoms with Gasteiger partial charge in [0.15, 0.2) is 0 Å². The van der Waals surface area contributed by atoms with Gasteiger partial charge < -0.3 is 15.3 Å². The molecule has 6 rings (SSSR count). The Morgan fingerprint density at radius 2 is 2.00 bits per heavy atom. The second kappa shape index (κ2) is 5.44. The van der Waals surface area contributed by atoms with Gasteiger partial charge in [-0.1, -0.05) is 32.1 Å². The van der Waals surface area contributed by atoms with E-state index in [0.29, 0.717) is 11.8 Å². The fourth-order valence-electron chi connectivity index (χ4n) is 8.27. The molecule has 8 atom stereocenters. The van der Waals surface area contributed by atoms with Gasteiger partial charge in [0.05, 0.1) is 18.8 Å². The molecule has 144 valence electrons. The third-order valence-electron chi connectivity index (χ3n) is 9.19. The summed E-state index contributed by atoms with van der Waals surface area (Å²) >= 11 is 0. The van der Waals surface area contributed by atoms with E-state index in [0.717, 1.165) is 38.0 Å². The van der Waals surface area contributed by atoms with Crippen molar-refractivity contribution in [2.45, 2.75) is 51.2 Å². The average Bonchev–Trinajstić information content (AvgIpc) is 2.60. The standard InChI is InChI=1S/C22H33NO3/c1-14-15-4-7-22(19(14)26)17(10-15)21-6-3-5-20(2,16(21)11-18(22)25)12-23(13-21)8-9-24/h4,7,15-19,24-26H,1,3,5-6,8-13H2,2H3/t15?,16?,17?,18?,19-,20?,21?,22-/m1/s1. The molecule has 3 N–H and O–H groups in total. The van der Waals surface area contributed by atoms with Gasteiger partial charge in [0, 0.05) is 31.0 Å². The molecule has 0 aromatic heterocycles. The maximum absolute atomic E-state index is 11.3. The zero-order valence-corrected chi connectivity index (χ0v) is 15.9. The van der Waals surface area contributed by atoms with Gasteiger partial charge in [0.1, 0.15) is 0 Å². The van der Waals surface area contributed by atoms with E-state index in [1.54, 1.807) is 0 Å². The van der Waals surface area contributed by atoms with Crippen LogP contribution in [0.15, 0.2) is 24.3 Å². The Hall–Kier alpha value is -0.680. The lowest BCUT2D eigenvalue weighted by Gasteiger charge is -2.72. The molecule has 5 aliphatic carbocycles. The first-order valence-electron chi connectivity index (χ1n) is 10.4. The normalized spacial score (nSPS) is 55.5. The van der Waals surface area contributed by atoms with Crippen LogP contribution in [0.4, 0.5) is 0 Å². The lowest BCUT2D eigenvalue weighted by molar-refractivity contribution is -0.249. The predicted octanol–water partition coefficient (Wildman–Crippen LogP) is 1.96. The Kier molecular flexibility index (Phi) is 3.64. The van der Waals surface area contributed by atoms with Crippen molar-refractivity contribution < 1.29 is 15.3 Å². The number of hydrogen-bond acceptors (Lipinski definition) is 4. The van der Waals surface area contributed by atoms with Crippen molar-refractivity contribution in [2.24, 2.45) is 34.0 Å². The van der Waals surface area contributed by atoms with Crippen LogP contribution in [-0.2, 0) is 0 Å². The summed E-state index contributed by atoms with van der Waals surface area (Å²) in [7, 11) is 0. The first kappa shape index (κ1) is 17.4. The van der Waals surface area contributed by atoms with E-state index in [1.807, 2.05) is 0 Å². The zero-order valence-electron chi connectivity index (χ0n) is 15.9. The van der Waals surface area contributed by atoms with Crippen molar-refractivity contribution in [2.75, 3.05) is 26.2 Å². The van der Waals surface area contributed by atoms with Gasteiger partial charge in [-0.05, 0) is 53.9 Å². The van der Waals surface area contributed by atoms with E-state index in [9.17, 15) is 15.3 Å². The molecule has 6 aliphatic rings. The van der Waals surface area contributed by atoms with Crippen LogP contribution >= 0.6 is 0 Å². The highest BCUT2D eigenvalue weighted by atomic mass is 16.3. The number of piperidine rings is 1. The number of aliphatic hydroxyl groups excluding tert-OH is 3. The molecule has 6 unspecified atom stereocenters. The fraction of sp³-hybridized carbons (Fsp3) is 0.818. The maximum atomic E-state index is 11.3. The van der Waals surface area contributed by atoms with E-state index in [1.165, 1.54) is 19.3 Å². The van der Waals surface area contributed by atoms with Gasteiger partial charge in [0.2, 0.25) is 0 Å². The molecule has 4 heteroatoms. The number of aliphatic hydroxyl groups is 3. The molecular formula is C22H33NO3. The van der Waals surface area contributed by atoms with Crippen molar-refractivity contribution in [3.8, 4) is 0 Å². The molecule has 0 amide bonds. The van der Waals surface area contributed by atoms with Gasteiger partial charge in [-0.15, -0.1) is 0 Å². The summed E-state index contributed by atoms with van der Waals surface area (Å²) in [5.41, 5.74) is 0.697. The molecule has 1 spiro atoms. The zero-order chi connectivity index (χ0) is 18.3. The minimum atomic E-state index is -0.622. The van der Waals surface area contributed by atoms with Crippen LogP contribution in [0.1, 0.15) is 39.0 Å². The summed E-state index contributed by atoms with van der Waals surface area (Å²) in [4.78, 5) is 2.47.